The van der Waals surface area contributed by atoms with E-state index in [9.17, 15) is 21.6 Å². The molecule has 2 fully saturated rings. The molecule has 2 aliphatic heterocycles. The van der Waals surface area contributed by atoms with E-state index in [1.165, 1.54) is 0 Å². The molecule has 2 rings (SSSR count). The largest absolute Gasteiger partial charge is 0.406 e. The topological polar surface area (TPSA) is 49.9 Å². The maximum absolute atomic E-state index is 12.7. The lowest BCUT2D eigenvalue weighted by Crippen LogP contribution is -2.49. The number of nitrogens with zero attached hydrogens (tertiary/aromatic N) is 2. The highest BCUT2D eigenvalue weighted by atomic mass is 32.2. The van der Waals surface area contributed by atoms with E-state index < -0.39 is 21.4 Å². The number of rotatable bonds is 4. The van der Waals surface area contributed by atoms with Crippen LogP contribution in [-0.2, 0) is 14.8 Å². The standard InChI is InChI=1S/C13H23F3N2O3S/c1-11(13(14,15)16)22(19,20)18-4-2-12(3-5-18)10-17-6-8-21-9-7-17/h11-12H,2-10H2,1H3/t11-/m0/s1. The van der Waals surface area contributed by atoms with Gasteiger partial charge >= 0.3 is 6.18 Å². The van der Waals surface area contributed by atoms with Crippen molar-refractivity contribution in [3.63, 3.8) is 0 Å². The van der Waals surface area contributed by atoms with Crippen LogP contribution in [0.3, 0.4) is 0 Å². The average Bonchev–Trinajstić information content (AvgIpc) is 2.47. The van der Waals surface area contributed by atoms with Crippen LogP contribution in [0.4, 0.5) is 13.2 Å². The Labute approximate surface area is 129 Å². The molecule has 0 spiro atoms. The van der Waals surface area contributed by atoms with E-state index in [0.717, 1.165) is 30.9 Å². The molecule has 2 heterocycles. The van der Waals surface area contributed by atoms with Crippen molar-refractivity contribution in [2.24, 2.45) is 5.92 Å². The van der Waals surface area contributed by atoms with Crippen molar-refractivity contribution in [1.29, 1.82) is 0 Å². The van der Waals surface area contributed by atoms with Gasteiger partial charge in [0.15, 0.2) is 5.25 Å². The molecule has 1 atom stereocenters. The summed E-state index contributed by atoms with van der Waals surface area (Å²) in [6.07, 6.45) is -3.49. The van der Waals surface area contributed by atoms with Crippen LogP contribution in [0.1, 0.15) is 19.8 Å². The molecule has 5 nitrogen and oxygen atoms in total. The average molecular weight is 344 g/mol. The molecule has 0 N–H and O–H groups in total. The quantitative estimate of drug-likeness (QED) is 0.772. The molecule has 22 heavy (non-hydrogen) atoms. The van der Waals surface area contributed by atoms with Crippen molar-refractivity contribution in [2.45, 2.75) is 31.2 Å². The second-order valence-electron chi connectivity index (χ2n) is 5.98. The molecule has 9 heteroatoms. The van der Waals surface area contributed by atoms with E-state index in [-0.39, 0.29) is 13.1 Å². The zero-order valence-corrected chi connectivity index (χ0v) is 13.5. The van der Waals surface area contributed by atoms with Gasteiger partial charge in [-0.05, 0) is 25.7 Å². The summed E-state index contributed by atoms with van der Waals surface area (Å²) in [5, 5.41) is -2.34. The Morgan fingerprint density at radius 2 is 1.68 bits per heavy atom. The summed E-state index contributed by atoms with van der Waals surface area (Å²) in [7, 11) is -4.30. The van der Waals surface area contributed by atoms with Crippen LogP contribution in [0.15, 0.2) is 0 Å². The van der Waals surface area contributed by atoms with Crippen LogP contribution < -0.4 is 0 Å². The molecule has 0 amide bonds. The molecule has 0 aliphatic carbocycles. The lowest BCUT2D eigenvalue weighted by molar-refractivity contribution is -0.127. The summed E-state index contributed by atoms with van der Waals surface area (Å²) < 4.78 is 68.3. The third kappa shape index (κ3) is 4.33. The Morgan fingerprint density at radius 3 is 2.18 bits per heavy atom. The smallest absolute Gasteiger partial charge is 0.379 e. The van der Waals surface area contributed by atoms with E-state index in [2.05, 4.69) is 4.90 Å². The van der Waals surface area contributed by atoms with Gasteiger partial charge < -0.3 is 4.74 Å². The second-order valence-corrected chi connectivity index (χ2v) is 8.24. The highest BCUT2D eigenvalue weighted by Gasteiger charge is 2.48. The first-order chi connectivity index (χ1) is 10.2. The number of piperidine rings is 1. The van der Waals surface area contributed by atoms with Gasteiger partial charge in [0.25, 0.3) is 0 Å². The van der Waals surface area contributed by atoms with Crippen molar-refractivity contribution >= 4 is 10.0 Å². The number of halogens is 3. The fourth-order valence-electron chi connectivity index (χ4n) is 2.89. The molecule has 0 aromatic carbocycles. The maximum Gasteiger partial charge on any atom is 0.406 e. The van der Waals surface area contributed by atoms with Crippen LogP contribution in [-0.4, -0.2) is 75.0 Å². The summed E-state index contributed by atoms with van der Waals surface area (Å²) >= 11 is 0. The fourth-order valence-corrected chi connectivity index (χ4v) is 4.39. The van der Waals surface area contributed by atoms with E-state index in [1.807, 2.05) is 0 Å². The highest BCUT2D eigenvalue weighted by Crippen LogP contribution is 2.30. The number of alkyl halides is 3. The minimum Gasteiger partial charge on any atom is -0.379 e. The van der Waals surface area contributed by atoms with E-state index in [4.69, 9.17) is 4.74 Å². The SMILES string of the molecule is C[C@@H](C(F)(F)F)S(=O)(=O)N1CCC(CN2CCOCC2)CC1. The molecular formula is C13H23F3N2O3S. The summed E-state index contributed by atoms with van der Waals surface area (Å²) in [5.41, 5.74) is 0. The van der Waals surface area contributed by atoms with Gasteiger partial charge in [0.1, 0.15) is 0 Å². The van der Waals surface area contributed by atoms with E-state index in [0.29, 0.717) is 32.0 Å². The fraction of sp³-hybridized carbons (Fsp3) is 1.00. The number of ether oxygens (including phenoxy) is 1. The van der Waals surface area contributed by atoms with Gasteiger partial charge in [0, 0.05) is 32.7 Å². The Morgan fingerprint density at radius 1 is 1.14 bits per heavy atom. The van der Waals surface area contributed by atoms with Gasteiger partial charge in [-0.2, -0.15) is 13.2 Å². The molecule has 0 saturated carbocycles. The predicted molar refractivity (Wildman–Crippen MR) is 76.0 cm³/mol. The number of morpholine rings is 1. The third-order valence-corrected chi connectivity index (χ3v) is 6.71. The Balaban J connectivity index is 1.86. The Hall–Kier alpha value is -0.380. The van der Waals surface area contributed by atoms with Crippen molar-refractivity contribution < 1.29 is 26.3 Å². The number of hydrogen-bond donors (Lipinski definition) is 0. The molecular weight excluding hydrogens is 321 g/mol. The first-order valence-corrected chi connectivity index (χ1v) is 9.07. The van der Waals surface area contributed by atoms with Crippen molar-refractivity contribution in [3.8, 4) is 0 Å². The van der Waals surface area contributed by atoms with E-state index in [1.54, 1.807) is 0 Å². The van der Waals surface area contributed by atoms with Crippen molar-refractivity contribution in [3.05, 3.63) is 0 Å². The molecule has 0 aromatic rings. The molecule has 2 saturated heterocycles. The van der Waals surface area contributed by atoms with Crippen LogP contribution in [0.25, 0.3) is 0 Å². The van der Waals surface area contributed by atoms with Crippen LogP contribution >= 0.6 is 0 Å². The summed E-state index contributed by atoms with van der Waals surface area (Å²) in [5.74, 6) is 0.339. The summed E-state index contributed by atoms with van der Waals surface area (Å²) in [4.78, 5) is 2.27. The van der Waals surface area contributed by atoms with Gasteiger partial charge in [-0.3, -0.25) is 4.90 Å². The van der Waals surface area contributed by atoms with Crippen molar-refractivity contribution in [1.82, 2.24) is 9.21 Å². The Bertz CT molecular complexity index is 456. The molecule has 0 bridgehead atoms. The Kier molecular flexibility index (Phi) is 5.73. The van der Waals surface area contributed by atoms with Gasteiger partial charge in [-0.15, -0.1) is 0 Å². The third-order valence-electron chi connectivity index (χ3n) is 4.46. The zero-order chi connectivity index (χ0) is 16.4. The van der Waals surface area contributed by atoms with Gasteiger partial charge in [-0.25, -0.2) is 12.7 Å². The lowest BCUT2D eigenvalue weighted by Gasteiger charge is -2.36. The van der Waals surface area contributed by atoms with Crippen LogP contribution in [0, 0.1) is 5.92 Å². The van der Waals surface area contributed by atoms with Gasteiger partial charge in [0.2, 0.25) is 10.0 Å². The number of hydrogen-bond acceptors (Lipinski definition) is 4. The molecule has 0 radical (unpaired) electrons. The molecule has 130 valence electrons. The summed E-state index contributed by atoms with van der Waals surface area (Å²) in [6, 6.07) is 0. The van der Waals surface area contributed by atoms with E-state index >= 15 is 0 Å². The molecule has 0 unspecified atom stereocenters. The summed E-state index contributed by atoms with van der Waals surface area (Å²) in [6.45, 7) is 5.08. The first-order valence-electron chi connectivity index (χ1n) is 7.57. The van der Waals surface area contributed by atoms with Gasteiger partial charge in [-0.1, -0.05) is 0 Å². The first kappa shape index (κ1) is 18.0. The second kappa shape index (κ2) is 7.02. The maximum atomic E-state index is 12.7. The van der Waals surface area contributed by atoms with Crippen LogP contribution in [0.5, 0.6) is 0 Å². The molecule has 2 aliphatic rings. The minimum absolute atomic E-state index is 0.178. The van der Waals surface area contributed by atoms with Crippen molar-refractivity contribution in [2.75, 3.05) is 45.9 Å². The number of sulfonamides is 1. The van der Waals surface area contributed by atoms with Crippen LogP contribution in [0.2, 0.25) is 0 Å². The zero-order valence-electron chi connectivity index (χ0n) is 12.7. The van der Waals surface area contributed by atoms with Gasteiger partial charge in [0.05, 0.1) is 13.2 Å². The monoisotopic (exact) mass is 344 g/mol. The normalized spacial score (nSPS) is 25.3. The predicted octanol–water partition coefficient (Wildman–Crippen LogP) is 1.31. The highest BCUT2D eigenvalue weighted by molar-refractivity contribution is 7.89. The molecule has 0 aromatic heterocycles. The minimum atomic E-state index is -4.72. The lowest BCUT2D eigenvalue weighted by atomic mass is 9.97.